The average Bonchev–Trinajstić information content (AvgIpc) is 2.19. The molecule has 0 aliphatic carbocycles. The minimum Gasteiger partial charge on any atom is -0.397 e. The molecule has 6 nitrogen and oxygen atoms in total. The van der Waals surface area contributed by atoms with Gasteiger partial charge in [-0.1, -0.05) is 23.2 Å². The van der Waals surface area contributed by atoms with Crippen molar-refractivity contribution in [2.45, 2.75) is 4.90 Å². The molecule has 102 valence electrons. The monoisotopic (exact) mass is 333 g/mol. The zero-order valence-corrected chi connectivity index (χ0v) is 11.9. The van der Waals surface area contributed by atoms with Crippen molar-refractivity contribution in [2.75, 3.05) is 17.2 Å². The molecule has 0 saturated carbocycles. The summed E-state index contributed by atoms with van der Waals surface area (Å²) >= 11 is 11.4. The number of rotatable bonds is 4. The molecule has 10 heteroatoms. The van der Waals surface area contributed by atoms with Gasteiger partial charge in [0.1, 0.15) is 0 Å². The van der Waals surface area contributed by atoms with Crippen LogP contribution < -0.4 is 5.73 Å². The number of halogens is 2. The van der Waals surface area contributed by atoms with Crippen LogP contribution in [-0.2, 0) is 20.0 Å². The van der Waals surface area contributed by atoms with Crippen LogP contribution in [0.3, 0.4) is 0 Å². The summed E-state index contributed by atoms with van der Waals surface area (Å²) in [6, 6.07) is 2.20. The molecule has 0 fully saturated rings. The highest BCUT2D eigenvalue weighted by molar-refractivity contribution is 7.93. The first kappa shape index (κ1) is 15.5. The van der Waals surface area contributed by atoms with E-state index in [1.807, 2.05) is 0 Å². The Morgan fingerprint density at radius 3 is 2.11 bits per heavy atom. The van der Waals surface area contributed by atoms with Gasteiger partial charge < -0.3 is 5.73 Å². The summed E-state index contributed by atoms with van der Waals surface area (Å²) in [6.45, 7) is 0. The van der Waals surface area contributed by atoms with Gasteiger partial charge in [-0.2, -0.15) is 8.42 Å². The first-order valence-corrected chi connectivity index (χ1v) is 8.47. The second-order valence-electron chi connectivity index (χ2n) is 3.41. The molecule has 18 heavy (non-hydrogen) atoms. The van der Waals surface area contributed by atoms with Crippen molar-refractivity contribution in [3.63, 3.8) is 0 Å². The summed E-state index contributed by atoms with van der Waals surface area (Å²) in [5.41, 5.74) is 5.54. The quantitative estimate of drug-likeness (QED) is 0.632. The fraction of sp³-hybridized carbons (Fsp3) is 0.250. The second kappa shape index (κ2) is 5.22. The van der Waals surface area contributed by atoms with Crippen molar-refractivity contribution in [1.82, 2.24) is 0 Å². The molecule has 0 amide bonds. The maximum absolute atomic E-state index is 11.8. The topological polar surface area (TPSA) is 115 Å². The summed E-state index contributed by atoms with van der Waals surface area (Å²) in [6.07, 6.45) is 0. The third-order valence-electron chi connectivity index (χ3n) is 2.00. The first-order valence-electron chi connectivity index (χ1n) is 4.45. The molecule has 1 aromatic carbocycles. The van der Waals surface area contributed by atoms with Crippen molar-refractivity contribution in [3.05, 3.63) is 22.2 Å². The van der Waals surface area contributed by atoms with Crippen LogP contribution in [0.2, 0.25) is 10.0 Å². The Hall–Kier alpha value is -0.540. The van der Waals surface area contributed by atoms with Crippen molar-refractivity contribution < 1.29 is 21.4 Å². The molecule has 0 heterocycles. The summed E-state index contributed by atoms with van der Waals surface area (Å²) in [5, 5.41) is -0.169. The molecule has 0 bridgehead atoms. The van der Waals surface area contributed by atoms with Gasteiger partial charge in [0, 0.05) is 0 Å². The van der Waals surface area contributed by atoms with Gasteiger partial charge in [0.15, 0.2) is 9.84 Å². The van der Waals surface area contributed by atoms with E-state index in [1.165, 1.54) is 0 Å². The largest absolute Gasteiger partial charge is 0.397 e. The Morgan fingerprint density at radius 2 is 1.61 bits per heavy atom. The van der Waals surface area contributed by atoms with E-state index < -0.39 is 31.5 Å². The molecule has 1 rings (SSSR count). The lowest BCUT2D eigenvalue weighted by molar-refractivity contribution is 0.484. The number of anilines is 1. The van der Waals surface area contributed by atoms with Crippen LogP contribution in [0.1, 0.15) is 0 Å². The van der Waals surface area contributed by atoms with Gasteiger partial charge in [-0.15, -0.1) is 0 Å². The van der Waals surface area contributed by atoms with Crippen molar-refractivity contribution in [3.8, 4) is 0 Å². The average molecular weight is 334 g/mol. The van der Waals surface area contributed by atoms with Crippen LogP contribution in [0.5, 0.6) is 0 Å². The molecule has 0 unspecified atom stereocenters. The van der Waals surface area contributed by atoms with E-state index in [2.05, 4.69) is 0 Å². The molecular weight excluding hydrogens is 325 g/mol. The number of hydrogen-bond donors (Lipinski definition) is 2. The van der Waals surface area contributed by atoms with Crippen LogP contribution in [-0.4, -0.2) is 32.9 Å². The maximum atomic E-state index is 11.8. The number of nitrogen functional groups attached to an aromatic ring is 1. The smallest absolute Gasteiger partial charge is 0.265 e. The highest BCUT2D eigenvalue weighted by Gasteiger charge is 2.22. The van der Waals surface area contributed by atoms with Crippen LogP contribution in [0.4, 0.5) is 5.69 Å². The normalized spacial score (nSPS) is 12.6. The lowest BCUT2D eigenvalue weighted by atomic mass is 10.3. The molecule has 0 radical (unpaired) electrons. The minimum atomic E-state index is -4.38. The van der Waals surface area contributed by atoms with Crippen LogP contribution in [0.25, 0.3) is 0 Å². The van der Waals surface area contributed by atoms with E-state index >= 15 is 0 Å². The minimum absolute atomic E-state index is 0.00942. The van der Waals surface area contributed by atoms with Gasteiger partial charge in [0.05, 0.1) is 32.1 Å². The summed E-state index contributed by atoms with van der Waals surface area (Å²) in [5.74, 6) is -1.72. The van der Waals surface area contributed by atoms with E-state index in [0.717, 1.165) is 12.1 Å². The Labute approximate surface area is 114 Å². The molecule has 0 aromatic heterocycles. The Morgan fingerprint density at radius 1 is 1.06 bits per heavy atom. The zero-order valence-electron chi connectivity index (χ0n) is 8.80. The molecule has 0 saturated heterocycles. The third kappa shape index (κ3) is 3.99. The summed E-state index contributed by atoms with van der Waals surface area (Å²) < 4.78 is 53.2. The molecule has 0 atom stereocenters. The lowest BCUT2D eigenvalue weighted by Gasteiger charge is -2.07. The van der Waals surface area contributed by atoms with E-state index in [1.54, 1.807) is 0 Å². The van der Waals surface area contributed by atoms with E-state index in [-0.39, 0.29) is 20.6 Å². The summed E-state index contributed by atoms with van der Waals surface area (Å²) in [4.78, 5) is -0.327. The van der Waals surface area contributed by atoms with Gasteiger partial charge in [-0.25, -0.2) is 8.42 Å². The van der Waals surface area contributed by atoms with Crippen molar-refractivity contribution >= 4 is 48.8 Å². The predicted octanol–water partition coefficient (Wildman–Crippen LogP) is 1.24. The molecule has 1 aromatic rings. The molecule has 0 aliphatic rings. The molecule has 0 aliphatic heterocycles. The Bertz CT molecular complexity index is 669. The van der Waals surface area contributed by atoms with E-state index in [9.17, 15) is 16.8 Å². The van der Waals surface area contributed by atoms with Gasteiger partial charge >= 0.3 is 0 Å². The first-order chi connectivity index (χ1) is 8.03. The highest BCUT2D eigenvalue weighted by Crippen LogP contribution is 2.30. The fourth-order valence-corrected chi connectivity index (χ4v) is 4.45. The SMILES string of the molecule is Nc1cc(Cl)c(S(=O)(=O)CCS(=O)(=O)O)cc1Cl. The number of benzene rings is 1. The van der Waals surface area contributed by atoms with Crippen molar-refractivity contribution in [1.29, 1.82) is 0 Å². The lowest BCUT2D eigenvalue weighted by Crippen LogP contribution is -2.17. The predicted molar refractivity (Wildman–Crippen MR) is 69.3 cm³/mol. The van der Waals surface area contributed by atoms with E-state index in [4.69, 9.17) is 33.5 Å². The number of nitrogens with two attached hydrogens (primary N) is 1. The van der Waals surface area contributed by atoms with Crippen LogP contribution >= 0.6 is 23.2 Å². The van der Waals surface area contributed by atoms with Gasteiger partial charge in [-0.05, 0) is 12.1 Å². The van der Waals surface area contributed by atoms with Gasteiger partial charge in [0.25, 0.3) is 10.1 Å². The summed E-state index contributed by atoms with van der Waals surface area (Å²) in [7, 11) is -8.35. The Balaban J connectivity index is 3.17. The molecular formula is C8H9Cl2NO5S2. The second-order valence-corrected chi connectivity index (χ2v) is 7.87. The van der Waals surface area contributed by atoms with Crippen LogP contribution in [0, 0.1) is 0 Å². The Kier molecular flexibility index (Phi) is 4.50. The molecule has 3 N–H and O–H groups in total. The van der Waals surface area contributed by atoms with Gasteiger partial charge in [-0.3, -0.25) is 4.55 Å². The number of hydrogen-bond acceptors (Lipinski definition) is 5. The molecule has 0 spiro atoms. The standard InChI is InChI=1S/C8H9Cl2NO5S2/c9-5-4-8(6(10)3-7(5)11)17(12,13)1-2-18(14,15)16/h3-4H,1-2,11H2,(H,14,15,16). The zero-order chi connectivity index (χ0) is 14.1. The van der Waals surface area contributed by atoms with Crippen molar-refractivity contribution in [2.24, 2.45) is 0 Å². The third-order valence-corrected chi connectivity index (χ3v) is 5.48. The van der Waals surface area contributed by atoms with Gasteiger partial charge in [0.2, 0.25) is 0 Å². The number of sulfone groups is 1. The van der Waals surface area contributed by atoms with E-state index in [0.29, 0.717) is 0 Å². The highest BCUT2D eigenvalue weighted by atomic mass is 35.5. The maximum Gasteiger partial charge on any atom is 0.265 e. The van der Waals surface area contributed by atoms with Crippen LogP contribution in [0.15, 0.2) is 17.0 Å². The fourth-order valence-electron chi connectivity index (χ4n) is 1.11.